The Morgan fingerprint density at radius 1 is 1.03 bits per heavy atom. The Morgan fingerprint density at radius 2 is 1.78 bits per heavy atom. The molecule has 2 saturated heterocycles. The van der Waals surface area contributed by atoms with Gasteiger partial charge in [0.15, 0.2) is 5.82 Å². The van der Waals surface area contributed by atoms with Crippen molar-refractivity contribution >= 4 is 17.3 Å². The quantitative estimate of drug-likeness (QED) is 0.549. The van der Waals surface area contributed by atoms with Gasteiger partial charge >= 0.3 is 0 Å². The molecule has 8 nitrogen and oxygen atoms in total. The second-order valence-corrected chi connectivity index (χ2v) is 9.65. The lowest BCUT2D eigenvalue weighted by atomic mass is 9.96. The minimum Gasteiger partial charge on any atom is -0.392 e. The number of amides is 1. The maximum absolute atomic E-state index is 12.9. The summed E-state index contributed by atoms with van der Waals surface area (Å²) in [4.78, 5) is 26.3. The van der Waals surface area contributed by atoms with E-state index in [-0.39, 0.29) is 30.6 Å². The van der Waals surface area contributed by atoms with Crippen molar-refractivity contribution in [2.45, 2.75) is 31.7 Å². The van der Waals surface area contributed by atoms with Gasteiger partial charge in [0.05, 0.1) is 13.2 Å². The molecule has 0 saturated carbocycles. The van der Waals surface area contributed by atoms with E-state index in [1.807, 2.05) is 42.5 Å². The number of benzene rings is 2. The van der Waals surface area contributed by atoms with Crippen molar-refractivity contribution in [3.05, 3.63) is 83.9 Å². The van der Waals surface area contributed by atoms with Crippen LogP contribution < -0.4 is 10.2 Å². The van der Waals surface area contributed by atoms with E-state index in [1.165, 1.54) is 0 Å². The van der Waals surface area contributed by atoms with Crippen LogP contribution in [-0.4, -0.2) is 59.1 Å². The predicted octanol–water partition coefficient (Wildman–Crippen LogP) is 3.57. The Balaban J connectivity index is 1.37. The van der Waals surface area contributed by atoms with Crippen LogP contribution in [0.25, 0.3) is 0 Å². The molecule has 2 aromatic carbocycles. The molecular weight excluding hydrogens is 454 g/mol. The topological polar surface area (TPSA) is 90.8 Å². The maximum Gasteiger partial charge on any atom is 0.227 e. The molecule has 0 bridgehead atoms. The molecule has 2 aliphatic heterocycles. The highest BCUT2D eigenvalue weighted by Crippen LogP contribution is 2.35. The zero-order valence-electron chi connectivity index (χ0n) is 20.6. The number of hydrogen-bond acceptors (Lipinski definition) is 7. The van der Waals surface area contributed by atoms with Crippen LogP contribution in [0.15, 0.2) is 67.0 Å². The SMILES string of the molecule is CN1CCC(C(=O)Nc2cccc(N3CC(c4cccc(CO)c4)OC(c4ncccn4)C3)c2)CC1. The highest BCUT2D eigenvalue weighted by atomic mass is 16.5. The number of carbonyl (C=O) groups is 1. The number of nitrogens with one attached hydrogen (secondary N) is 1. The largest absolute Gasteiger partial charge is 0.392 e. The van der Waals surface area contributed by atoms with Gasteiger partial charge in [-0.05, 0) is 68.4 Å². The van der Waals surface area contributed by atoms with Crippen molar-refractivity contribution in [1.82, 2.24) is 14.9 Å². The molecule has 1 amide bonds. The minimum atomic E-state index is -0.319. The summed E-state index contributed by atoms with van der Waals surface area (Å²) in [5.41, 5.74) is 3.65. The van der Waals surface area contributed by atoms with Crippen molar-refractivity contribution in [3.8, 4) is 0 Å². The molecule has 8 heteroatoms. The first-order chi connectivity index (χ1) is 17.6. The summed E-state index contributed by atoms with van der Waals surface area (Å²) in [5, 5.41) is 12.8. The molecule has 0 radical (unpaired) electrons. The van der Waals surface area contributed by atoms with Crippen LogP contribution in [0, 0.1) is 5.92 Å². The van der Waals surface area contributed by atoms with E-state index in [1.54, 1.807) is 18.5 Å². The first-order valence-electron chi connectivity index (χ1n) is 12.6. The summed E-state index contributed by atoms with van der Waals surface area (Å²) in [6, 6.07) is 17.6. The number of ether oxygens (including phenoxy) is 1. The van der Waals surface area contributed by atoms with Crippen LogP contribution in [0.3, 0.4) is 0 Å². The molecule has 0 spiro atoms. The van der Waals surface area contributed by atoms with Gasteiger partial charge in [-0.1, -0.05) is 30.3 Å². The lowest BCUT2D eigenvalue weighted by Crippen LogP contribution is -2.41. The van der Waals surface area contributed by atoms with Crippen molar-refractivity contribution < 1.29 is 14.6 Å². The van der Waals surface area contributed by atoms with Crippen LogP contribution in [-0.2, 0) is 16.1 Å². The molecule has 1 aromatic heterocycles. The zero-order valence-corrected chi connectivity index (χ0v) is 20.6. The lowest BCUT2D eigenvalue weighted by molar-refractivity contribution is -0.121. The fourth-order valence-electron chi connectivity index (χ4n) is 4.96. The summed E-state index contributed by atoms with van der Waals surface area (Å²) < 4.78 is 6.47. The third-order valence-electron chi connectivity index (χ3n) is 7.05. The number of piperidine rings is 1. The summed E-state index contributed by atoms with van der Waals surface area (Å²) in [6.45, 7) is 3.10. The van der Waals surface area contributed by atoms with Gasteiger partial charge in [-0.15, -0.1) is 0 Å². The first kappa shape index (κ1) is 24.4. The molecule has 2 aliphatic rings. The van der Waals surface area contributed by atoms with Gasteiger partial charge in [0.1, 0.15) is 12.2 Å². The number of anilines is 2. The van der Waals surface area contributed by atoms with E-state index in [0.29, 0.717) is 18.9 Å². The highest BCUT2D eigenvalue weighted by Gasteiger charge is 2.32. The molecule has 0 aliphatic carbocycles. The normalized spacial score (nSPS) is 21.3. The van der Waals surface area contributed by atoms with Crippen LogP contribution in [0.2, 0.25) is 0 Å². The van der Waals surface area contributed by atoms with Gasteiger partial charge in [-0.2, -0.15) is 0 Å². The summed E-state index contributed by atoms with van der Waals surface area (Å²) in [5.74, 6) is 0.782. The fraction of sp³-hybridized carbons (Fsp3) is 0.393. The van der Waals surface area contributed by atoms with E-state index >= 15 is 0 Å². The smallest absolute Gasteiger partial charge is 0.227 e. The maximum atomic E-state index is 12.9. The van der Waals surface area contributed by atoms with E-state index < -0.39 is 0 Å². The molecule has 2 N–H and O–H groups in total. The number of carbonyl (C=O) groups excluding carboxylic acids is 1. The second kappa shape index (κ2) is 11.2. The highest BCUT2D eigenvalue weighted by molar-refractivity contribution is 5.93. The number of rotatable bonds is 6. The molecule has 3 aromatic rings. The second-order valence-electron chi connectivity index (χ2n) is 9.65. The van der Waals surface area contributed by atoms with Crippen molar-refractivity contribution in [2.75, 3.05) is 43.4 Å². The number of nitrogens with zero attached hydrogens (tertiary/aromatic N) is 4. The minimum absolute atomic E-state index is 0.0193. The summed E-state index contributed by atoms with van der Waals surface area (Å²) >= 11 is 0. The van der Waals surface area contributed by atoms with Gasteiger partial charge in [0, 0.05) is 36.2 Å². The third kappa shape index (κ3) is 5.73. The molecule has 188 valence electrons. The number of likely N-dealkylation sites (tertiary alicyclic amines) is 1. The van der Waals surface area contributed by atoms with E-state index in [9.17, 15) is 9.90 Å². The van der Waals surface area contributed by atoms with Crippen LogP contribution in [0.1, 0.15) is 42.0 Å². The Morgan fingerprint density at radius 3 is 2.56 bits per heavy atom. The Labute approximate surface area is 211 Å². The van der Waals surface area contributed by atoms with Crippen LogP contribution >= 0.6 is 0 Å². The van der Waals surface area contributed by atoms with Gasteiger partial charge in [-0.3, -0.25) is 4.79 Å². The summed E-state index contributed by atoms with van der Waals surface area (Å²) in [6.07, 6.45) is 4.69. The average Bonchev–Trinajstić information content (AvgIpc) is 2.94. The number of aromatic nitrogens is 2. The zero-order chi connectivity index (χ0) is 24.9. The molecule has 2 unspecified atom stereocenters. The molecule has 2 atom stereocenters. The van der Waals surface area contributed by atoms with E-state index in [4.69, 9.17) is 4.74 Å². The van der Waals surface area contributed by atoms with Crippen LogP contribution in [0.4, 0.5) is 11.4 Å². The Hall–Kier alpha value is -3.33. The Bertz CT molecular complexity index is 1170. The Kier molecular flexibility index (Phi) is 7.55. The number of aliphatic hydroxyl groups is 1. The van der Waals surface area contributed by atoms with Gasteiger partial charge < -0.3 is 25.0 Å². The standard InChI is InChI=1S/C28H33N5O3/c1-32-13-9-21(10-14-32)28(35)31-23-7-3-8-24(16-23)33-17-25(22-6-2-5-20(15-22)19-34)36-26(18-33)27-29-11-4-12-30-27/h2-8,11-12,15-16,21,25-26,34H,9-10,13-14,17-19H2,1H3,(H,31,35). The van der Waals surface area contributed by atoms with Crippen molar-refractivity contribution in [1.29, 1.82) is 0 Å². The molecule has 3 heterocycles. The molecular formula is C28H33N5O3. The number of hydrogen-bond donors (Lipinski definition) is 2. The fourth-order valence-corrected chi connectivity index (χ4v) is 4.96. The molecule has 5 rings (SSSR count). The summed E-state index contributed by atoms with van der Waals surface area (Å²) in [7, 11) is 2.10. The van der Waals surface area contributed by atoms with Gasteiger partial charge in [-0.25, -0.2) is 9.97 Å². The number of morpholine rings is 1. The number of aliphatic hydroxyl groups excluding tert-OH is 1. The van der Waals surface area contributed by atoms with E-state index in [0.717, 1.165) is 48.4 Å². The lowest BCUT2D eigenvalue weighted by Gasteiger charge is -2.39. The van der Waals surface area contributed by atoms with Gasteiger partial charge in [0.25, 0.3) is 0 Å². The molecule has 2 fully saturated rings. The average molecular weight is 488 g/mol. The molecule has 36 heavy (non-hydrogen) atoms. The van der Waals surface area contributed by atoms with Crippen LogP contribution in [0.5, 0.6) is 0 Å². The van der Waals surface area contributed by atoms with Crippen molar-refractivity contribution in [2.24, 2.45) is 5.92 Å². The predicted molar refractivity (Wildman–Crippen MR) is 138 cm³/mol. The van der Waals surface area contributed by atoms with Gasteiger partial charge in [0.2, 0.25) is 5.91 Å². The van der Waals surface area contributed by atoms with E-state index in [2.05, 4.69) is 38.2 Å². The monoisotopic (exact) mass is 487 g/mol. The van der Waals surface area contributed by atoms with Crippen molar-refractivity contribution in [3.63, 3.8) is 0 Å². The third-order valence-corrected chi connectivity index (χ3v) is 7.05. The first-order valence-corrected chi connectivity index (χ1v) is 12.6.